The molecule has 0 bridgehead atoms. The van der Waals surface area contributed by atoms with Gasteiger partial charge in [-0.2, -0.15) is 0 Å². The molecule has 2 atom stereocenters. The van der Waals surface area contributed by atoms with Crippen LogP contribution in [0.15, 0.2) is 71.7 Å². The molecule has 1 amide bonds. The van der Waals surface area contributed by atoms with Crippen LogP contribution in [-0.2, 0) is 16.1 Å². The lowest BCUT2D eigenvalue weighted by Gasteiger charge is -2.19. The number of ether oxygens (including phenoxy) is 1. The molecule has 1 aromatic heterocycles. The number of aromatic nitrogens is 1. The van der Waals surface area contributed by atoms with Crippen molar-refractivity contribution >= 4 is 34.5 Å². The third-order valence-corrected chi connectivity index (χ3v) is 6.54. The van der Waals surface area contributed by atoms with Crippen molar-refractivity contribution < 1.29 is 18.7 Å². The quantitative estimate of drug-likeness (QED) is 0.204. The van der Waals surface area contributed by atoms with Crippen molar-refractivity contribution in [1.29, 1.82) is 0 Å². The minimum absolute atomic E-state index is 0.104. The molecule has 0 aliphatic carbocycles. The number of H-pyrrole nitrogens is 1. The molecule has 4 N–H and O–H groups in total. The van der Waals surface area contributed by atoms with Crippen LogP contribution < -0.4 is 21.5 Å². The van der Waals surface area contributed by atoms with Gasteiger partial charge in [0.1, 0.15) is 18.1 Å². The molecule has 0 saturated carbocycles. The summed E-state index contributed by atoms with van der Waals surface area (Å²) in [5.74, 6) is -0.455. The zero-order chi connectivity index (χ0) is 27.9. The summed E-state index contributed by atoms with van der Waals surface area (Å²) in [6, 6.07) is 16.6. The second kappa shape index (κ2) is 12.4. The van der Waals surface area contributed by atoms with Gasteiger partial charge in [0.05, 0.1) is 6.61 Å². The summed E-state index contributed by atoms with van der Waals surface area (Å²) in [5, 5.41) is 10.1. The van der Waals surface area contributed by atoms with Gasteiger partial charge >= 0.3 is 6.09 Å². The summed E-state index contributed by atoms with van der Waals surface area (Å²) in [5.41, 5.74) is 4.05. The van der Waals surface area contributed by atoms with Crippen LogP contribution in [0.2, 0.25) is 0 Å². The first-order chi connectivity index (χ1) is 18.8. The van der Waals surface area contributed by atoms with Crippen LogP contribution in [0.3, 0.4) is 0 Å². The smallest absolute Gasteiger partial charge is 0.411 e. The monoisotopic (exact) mass is 530 g/mol. The maximum absolute atomic E-state index is 13.8. The summed E-state index contributed by atoms with van der Waals surface area (Å²) in [6.45, 7) is 4.36. The fourth-order valence-corrected chi connectivity index (χ4v) is 4.52. The molecule has 1 unspecified atom stereocenters. The van der Waals surface area contributed by atoms with Crippen LogP contribution in [0, 0.1) is 12.7 Å². The summed E-state index contributed by atoms with van der Waals surface area (Å²) < 4.78 is 19.2. The normalized spacial score (nSPS) is 12.5. The number of carbonyl (C=O) groups is 2. The van der Waals surface area contributed by atoms with Crippen LogP contribution in [0.4, 0.5) is 20.6 Å². The number of hydrogen-bond donors (Lipinski definition) is 4. The van der Waals surface area contributed by atoms with Gasteiger partial charge in [-0.25, -0.2) is 9.18 Å². The van der Waals surface area contributed by atoms with Gasteiger partial charge in [-0.1, -0.05) is 31.2 Å². The van der Waals surface area contributed by atoms with Crippen molar-refractivity contribution in [2.45, 2.75) is 32.4 Å². The van der Waals surface area contributed by atoms with Gasteiger partial charge in [-0.15, -0.1) is 0 Å². The number of aromatic amines is 1. The fraction of sp³-hybridized carbons (Fsp3) is 0.233. The minimum Gasteiger partial charge on any atom is -0.449 e. The SMILES string of the molecule is CNCc1cc(NC(=O)OC[C@H](C)c2ccc(C(C=O)Nc3ccc4cc[nH]c(=O)c4c3)cc2C)ccc1F. The highest BCUT2D eigenvalue weighted by Crippen LogP contribution is 2.26. The number of anilines is 2. The van der Waals surface area contributed by atoms with Gasteiger partial charge in [-0.05, 0) is 72.4 Å². The van der Waals surface area contributed by atoms with Gasteiger partial charge in [-0.3, -0.25) is 10.1 Å². The fourth-order valence-electron chi connectivity index (χ4n) is 4.52. The van der Waals surface area contributed by atoms with Crippen molar-refractivity contribution in [2.24, 2.45) is 0 Å². The predicted octanol–water partition coefficient (Wildman–Crippen LogP) is 5.40. The Morgan fingerprint density at radius 2 is 1.87 bits per heavy atom. The summed E-state index contributed by atoms with van der Waals surface area (Å²) in [7, 11) is 1.72. The zero-order valence-electron chi connectivity index (χ0n) is 22.0. The Hall–Kier alpha value is -4.50. The maximum Gasteiger partial charge on any atom is 0.411 e. The minimum atomic E-state index is -0.627. The molecule has 4 rings (SSSR count). The third kappa shape index (κ3) is 6.69. The second-order valence-electron chi connectivity index (χ2n) is 9.44. The molecule has 1 heterocycles. The standard InChI is InChI=1S/C30H31FN4O4/c1-18-12-21(28(16-36)34-24-6-4-20-10-11-33-29(37)26(20)14-24)5-8-25(18)19(2)17-39-30(38)35-23-7-9-27(31)22(13-23)15-32-3/h4-14,16,19,28,32,34H,15,17H2,1-3H3,(H,33,37)(H,35,38)/t19-,28?/m0/s1. The molecule has 0 fully saturated rings. The molecule has 8 nitrogen and oxygen atoms in total. The molecule has 39 heavy (non-hydrogen) atoms. The Kier molecular flexibility index (Phi) is 8.73. The lowest BCUT2D eigenvalue weighted by molar-refractivity contribution is -0.108. The van der Waals surface area contributed by atoms with E-state index in [0.717, 1.165) is 28.4 Å². The molecule has 202 valence electrons. The van der Waals surface area contributed by atoms with Gasteiger partial charge in [0.25, 0.3) is 5.56 Å². The Bertz CT molecular complexity index is 1550. The van der Waals surface area contributed by atoms with E-state index in [1.54, 1.807) is 25.4 Å². The van der Waals surface area contributed by atoms with Crippen LogP contribution in [0.5, 0.6) is 0 Å². The number of hydrogen-bond acceptors (Lipinski definition) is 6. The Labute approximate surface area is 225 Å². The molecular formula is C30H31FN4O4. The first-order valence-corrected chi connectivity index (χ1v) is 12.6. The van der Waals surface area contributed by atoms with E-state index in [4.69, 9.17) is 4.74 Å². The van der Waals surface area contributed by atoms with E-state index in [1.165, 1.54) is 12.1 Å². The highest BCUT2D eigenvalue weighted by atomic mass is 19.1. The molecule has 3 aromatic carbocycles. The number of amides is 1. The van der Waals surface area contributed by atoms with Crippen LogP contribution >= 0.6 is 0 Å². The number of rotatable bonds is 10. The van der Waals surface area contributed by atoms with E-state index < -0.39 is 12.1 Å². The maximum atomic E-state index is 13.8. The van der Waals surface area contributed by atoms with Gasteiger partial charge in [0.15, 0.2) is 0 Å². The molecule has 0 radical (unpaired) electrons. The van der Waals surface area contributed by atoms with E-state index in [2.05, 4.69) is 20.9 Å². The summed E-state index contributed by atoms with van der Waals surface area (Å²) in [6.07, 6.45) is 1.79. The molecule has 9 heteroatoms. The second-order valence-corrected chi connectivity index (χ2v) is 9.44. The number of aryl methyl sites for hydroxylation is 1. The zero-order valence-corrected chi connectivity index (χ0v) is 22.0. The Morgan fingerprint density at radius 1 is 1.08 bits per heavy atom. The average molecular weight is 531 g/mol. The largest absolute Gasteiger partial charge is 0.449 e. The van der Waals surface area contributed by atoms with Crippen LogP contribution in [0.1, 0.15) is 41.1 Å². The van der Waals surface area contributed by atoms with Crippen molar-refractivity contribution in [1.82, 2.24) is 10.3 Å². The Morgan fingerprint density at radius 3 is 2.62 bits per heavy atom. The number of pyridine rings is 1. The van der Waals surface area contributed by atoms with E-state index >= 15 is 0 Å². The van der Waals surface area contributed by atoms with Crippen molar-refractivity contribution in [3.63, 3.8) is 0 Å². The van der Waals surface area contributed by atoms with Crippen LogP contribution in [-0.4, -0.2) is 31.0 Å². The van der Waals surface area contributed by atoms with E-state index in [1.807, 2.05) is 50.2 Å². The lowest BCUT2D eigenvalue weighted by Crippen LogP contribution is -2.18. The van der Waals surface area contributed by atoms with E-state index in [0.29, 0.717) is 28.9 Å². The molecule has 0 spiro atoms. The average Bonchev–Trinajstić information content (AvgIpc) is 2.92. The lowest BCUT2D eigenvalue weighted by atomic mass is 9.93. The molecule has 0 aliphatic heterocycles. The highest BCUT2D eigenvalue weighted by molar-refractivity contribution is 5.85. The van der Waals surface area contributed by atoms with E-state index in [9.17, 15) is 18.8 Å². The van der Waals surface area contributed by atoms with Gasteiger partial charge < -0.3 is 25.1 Å². The van der Waals surface area contributed by atoms with Gasteiger partial charge in [0, 0.05) is 41.0 Å². The molecule has 4 aromatic rings. The predicted molar refractivity (Wildman–Crippen MR) is 151 cm³/mol. The van der Waals surface area contributed by atoms with Crippen molar-refractivity contribution in [2.75, 3.05) is 24.3 Å². The molecular weight excluding hydrogens is 499 g/mol. The number of fused-ring (bicyclic) bond motifs is 1. The third-order valence-electron chi connectivity index (χ3n) is 6.54. The topological polar surface area (TPSA) is 112 Å². The van der Waals surface area contributed by atoms with Crippen molar-refractivity contribution in [3.05, 3.63) is 105 Å². The Balaban J connectivity index is 1.39. The first kappa shape index (κ1) is 27.5. The number of nitrogens with one attached hydrogen (secondary N) is 4. The summed E-state index contributed by atoms with van der Waals surface area (Å²) >= 11 is 0. The number of halogens is 1. The van der Waals surface area contributed by atoms with E-state index in [-0.39, 0.29) is 23.9 Å². The van der Waals surface area contributed by atoms with Crippen LogP contribution in [0.25, 0.3) is 10.8 Å². The first-order valence-electron chi connectivity index (χ1n) is 12.6. The highest BCUT2D eigenvalue weighted by Gasteiger charge is 2.16. The van der Waals surface area contributed by atoms with Crippen molar-refractivity contribution in [3.8, 4) is 0 Å². The summed E-state index contributed by atoms with van der Waals surface area (Å²) in [4.78, 5) is 39.1. The van der Waals surface area contributed by atoms with Gasteiger partial charge in [0.2, 0.25) is 0 Å². The number of benzene rings is 3. The number of aldehydes is 1. The molecule has 0 saturated heterocycles. The molecule has 0 aliphatic rings. The number of carbonyl (C=O) groups excluding carboxylic acids is 2.